The molecule has 0 atom stereocenters. The van der Waals surface area contributed by atoms with E-state index in [2.05, 4.69) is 26.8 Å². The summed E-state index contributed by atoms with van der Waals surface area (Å²) >= 11 is 0. The topological polar surface area (TPSA) is 37.3 Å². The van der Waals surface area contributed by atoms with Crippen LogP contribution in [-0.4, -0.2) is 17.8 Å². The second kappa shape index (κ2) is 8.76. The first kappa shape index (κ1) is 20.1. The Hall–Kier alpha value is -1.97. The van der Waals surface area contributed by atoms with Crippen LogP contribution in [0, 0.1) is 5.41 Å². The average Bonchev–Trinajstić information content (AvgIpc) is 2.49. The van der Waals surface area contributed by atoms with Gasteiger partial charge in [0.15, 0.2) is 0 Å². The molecule has 0 heterocycles. The van der Waals surface area contributed by atoms with E-state index in [1.807, 2.05) is 13.0 Å². The van der Waals surface area contributed by atoms with Gasteiger partial charge >= 0.3 is 5.97 Å². The van der Waals surface area contributed by atoms with Gasteiger partial charge in [0.1, 0.15) is 6.67 Å². The van der Waals surface area contributed by atoms with Gasteiger partial charge in [0.25, 0.3) is 0 Å². The highest BCUT2D eigenvalue weighted by Crippen LogP contribution is 2.40. The van der Waals surface area contributed by atoms with E-state index in [0.717, 1.165) is 24.5 Å². The van der Waals surface area contributed by atoms with E-state index < -0.39 is 24.0 Å². The SMILES string of the molecule is CC(C=CC1=C(C)CCCC1(C)C)=CC=CC(CF)=C(F)C(=O)O. The lowest BCUT2D eigenvalue weighted by molar-refractivity contribution is -0.134. The first-order chi connectivity index (χ1) is 11.2. The lowest BCUT2D eigenvalue weighted by Crippen LogP contribution is -2.19. The lowest BCUT2D eigenvalue weighted by Gasteiger charge is -2.32. The molecule has 0 amide bonds. The monoisotopic (exact) mass is 336 g/mol. The van der Waals surface area contributed by atoms with E-state index >= 15 is 0 Å². The van der Waals surface area contributed by atoms with Gasteiger partial charge in [-0.1, -0.05) is 55.4 Å². The highest BCUT2D eigenvalue weighted by molar-refractivity contribution is 5.85. The molecule has 132 valence electrons. The fraction of sp³-hybridized carbons (Fsp3) is 0.450. The molecule has 24 heavy (non-hydrogen) atoms. The summed E-state index contributed by atoms with van der Waals surface area (Å²) in [5.74, 6) is -3.21. The normalized spacial score (nSPS) is 20.0. The van der Waals surface area contributed by atoms with Gasteiger partial charge in [-0.15, -0.1) is 0 Å². The predicted octanol–water partition coefficient (Wildman–Crippen LogP) is 5.85. The molecule has 0 unspecified atom stereocenters. The van der Waals surface area contributed by atoms with Gasteiger partial charge < -0.3 is 5.11 Å². The van der Waals surface area contributed by atoms with Gasteiger partial charge in [-0.2, -0.15) is 4.39 Å². The maximum Gasteiger partial charge on any atom is 0.365 e. The van der Waals surface area contributed by atoms with Crippen LogP contribution in [-0.2, 0) is 4.79 Å². The first-order valence-corrected chi connectivity index (χ1v) is 8.10. The minimum atomic E-state index is -1.75. The Morgan fingerprint density at radius 2 is 2.00 bits per heavy atom. The van der Waals surface area contributed by atoms with Crippen molar-refractivity contribution in [3.8, 4) is 0 Å². The lowest BCUT2D eigenvalue weighted by atomic mass is 9.72. The Balaban J connectivity index is 2.89. The van der Waals surface area contributed by atoms with Crippen molar-refractivity contribution in [2.45, 2.75) is 47.0 Å². The highest BCUT2D eigenvalue weighted by atomic mass is 19.1. The van der Waals surface area contributed by atoms with Gasteiger partial charge in [0, 0.05) is 5.57 Å². The van der Waals surface area contributed by atoms with Gasteiger partial charge in [-0.3, -0.25) is 0 Å². The molecule has 0 aromatic rings. The van der Waals surface area contributed by atoms with Crippen LogP contribution in [0.2, 0.25) is 0 Å². The maximum atomic E-state index is 13.2. The van der Waals surface area contributed by atoms with Crippen LogP contribution >= 0.6 is 0 Å². The molecule has 0 radical (unpaired) electrons. The summed E-state index contributed by atoms with van der Waals surface area (Å²) in [5, 5.41) is 8.53. The van der Waals surface area contributed by atoms with E-state index in [1.165, 1.54) is 23.6 Å². The molecule has 1 N–H and O–H groups in total. The number of halogens is 2. The van der Waals surface area contributed by atoms with Crippen molar-refractivity contribution in [1.82, 2.24) is 0 Å². The number of aliphatic carboxylic acids is 1. The zero-order valence-corrected chi connectivity index (χ0v) is 14.8. The summed E-state index contributed by atoms with van der Waals surface area (Å²) in [6, 6.07) is 0. The van der Waals surface area contributed by atoms with Crippen molar-refractivity contribution in [3.05, 3.63) is 58.5 Å². The maximum absolute atomic E-state index is 13.2. The number of carboxylic acids is 1. The smallest absolute Gasteiger partial charge is 0.365 e. The van der Waals surface area contributed by atoms with Crippen molar-refractivity contribution in [2.75, 3.05) is 6.67 Å². The van der Waals surface area contributed by atoms with E-state index in [9.17, 15) is 13.6 Å². The van der Waals surface area contributed by atoms with Gasteiger partial charge in [-0.25, -0.2) is 9.18 Å². The largest absolute Gasteiger partial charge is 0.476 e. The Bertz CT molecular complexity index is 632. The van der Waals surface area contributed by atoms with Crippen molar-refractivity contribution in [3.63, 3.8) is 0 Å². The summed E-state index contributed by atoms with van der Waals surface area (Å²) in [5.41, 5.74) is 3.34. The number of hydrogen-bond acceptors (Lipinski definition) is 1. The number of alkyl halides is 1. The third-order valence-corrected chi connectivity index (χ3v) is 4.33. The molecule has 0 saturated heterocycles. The van der Waals surface area contributed by atoms with Crippen molar-refractivity contribution in [1.29, 1.82) is 0 Å². The fourth-order valence-corrected chi connectivity index (χ4v) is 2.91. The molecule has 0 fully saturated rings. The van der Waals surface area contributed by atoms with Crippen molar-refractivity contribution in [2.24, 2.45) is 5.41 Å². The second-order valence-electron chi connectivity index (χ2n) is 6.81. The van der Waals surface area contributed by atoms with Crippen molar-refractivity contribution >= 4 is 5.97 Å². The van der Waals surface area contributed by atoms with Gasteiger partial charge in [0.2, 0.25) is 5.83 Å². The molecule has 1 aliphatic carbocycles. The van der Waals surface area contributed by atoms with Crippen LogP contribution in [0.4, 0.5) is 8.78 Å². The Morgan fingerprint density at radius 3 is 2.54 bits per heavy atom. The molecular weight excluding hydrogens is 310 g/mol. The van der Waals surface area contributed by atoms with Crippen LogP contribution in [0.15, 0.2) is 58.5 Å². The molecule has 4 heteroatoms. The average molecular weight is 336 g/mol. The Labute approximate surface area is 143 Å². The number of carboxylic acid groups (broad SMARTS) is 1. The van der Waals surface area contributed by atoms with Crippen molar-refractivity contribution < 1.29 is 18.7 Å². The summed E-state index contributed by atoms with van der Waals surface area (Å²) in [7, 11) is 0. The quantitative estimate of drug-likeness (QED) is 0.488. The van der Waals surface area contributed by atoms with E-state index in [1.54, 1.807) is 6.08 Å². The third-order valence-electron chi connectivity index (χ3n) is 4.33. The molecule has 0 aromatic carbocycles. The number of hydrogen-bond donors (Lipinski definition) is 1. The zero-order valence-electron chi connectivity index (χ0n) is 14.8. The molecule has 0 bridgehead atoms. The number of carbonyl (C=O) groups is 1. The summed E-state index contributed by atoms with van der Waals surface area (Å²) in [6.45, 7) is 7.37. The van der Waals surface area contributed by atoms with E-state index in [-0.39, 0.29) is 5.41 Å². The van der Waals surface area contributed by atoms with Gasteiger partial charge in [0.05, 0.1) is 0 Å². The molecule has 1 aliphatic rings. The fourth-order valence-electron chi connectivity index (χ4n) is 2.91. The molecule has 0 aromatic heterocycles. The molecule has 0 saturated carbocycles. The summed E-state index contributed by atoms with van der Waals surface area (Å²) in [6.07, 6.45) is 11.9. The van der Waals surface area contributed by atoms with Gasteiger partial charge in [-0.05, 0) is 44.1 Å². The Kier molecular flexibility index (Phi) is 7.33. The minimum absolute atomic E-state index is 0.156. The standard InChI is InChI=1S/C20H26F2O2/c1-14(7-5-9-16(13-21)18(22)19(23)24)10-11-17-15(2)8-6-12-20(17,3)4/h5,7,9-11H,6,8,12-13H2,1-4H3,(H,23,24). The summed E-state index contributed by atoms with van der Waals surface area (Å²) < 4.78 is 25.8. The number of rotatable bonds is 6. The molecule has 0 aliphatic heterocycles. The predicted molar refractivity (Wildman–Crippen MR) is 94.1 cm³/mol. The van der Waals surface area contributed by atoms with Crippen LogP contribution in [0.1, 0.15) is 47.0 Å². The van der Waals surface area contributed by atoms with Crippen LogP contribution in [0.3, 0.4) is 0 Å². The summed E-state index contributed by atoms with van der Waals surface area (Å²) in [4.78, 5) is 10.5. The zero-order chi connectivity index (χ0) is 18.3. The van der Waals surface area contributed by atoms with E-state index in [0.29, 0.717) is 0 Å². The first-order valence-electron chi connectivity index (χ1n) is 8.10. The van der Waals surface area contributed by atoms with Crippen LogP contribution in [0.25, 0.3) is 0 Å². The van der Waals surface area contributed by atoms with Crippen LogP contribution < -0.4 is 0 Å². The number of allylic oxidation sites excluding steroid dienone is 9. The highest BCUT2D eigenvalue weighted by Gasteiger charge is 2.26. The third kappa shape index (κ3) is 5.59. The second-order valence-corrected chi connectivity index (χ2v) is 6.81. The van der Waals surface area contributed by atoms with E-state index in [4.69, 9.17) is 5.11 Å². The van der Waals surface area contributed by atoms with Crippen LogP contribution in [0.5, 0.6) is 0 Å². The molecule has 1 rings (SSSR count). The minimum Gasteiger partial charge on any atom is -0.476 e. The molecular formula is C20H26F2O2. The molecule has 0 spiro atoms. The Morgan fingerprint density at radius 1 is 1.33 bits per heavy atom. The molecule has 2 nitrogen and oxygen atoms in total.